The summed E-state index contributed by atoms with van der Waals surface area (Å²) in [6, 6.07) is 7.99. The van der Waals surface area contributed by atoms with Gasteiger partial charge in [0.2, 0.25) is 5.91 Å². The van der Waals surface area contributed by atoms with Gasteiger partial charge in [0.25, 0.3) is 0 Å². The number of nitrogens with zero attached hydrogens (tertiary/aromatic N) is 3. The van der Waals surface area contributed by atoms with E-state index in [1.807, 2.05) is 24.3 Å². The Kier molecular flexibility index (Phi) is 5.42. The number of aromatic nitrogens is 2. The second-order valence-electron chi connectivity index (χ2n) is 6.18. The third-order valence-corrected chi connectivity index (χ3v) is 4.71. The normalized spacial score (nSPS) is 14.8. The summed E-state index contributed by atoms with van der Waals surface area (Å²) < 4.78 is 9.72. The van der Waals surface area contributed by atoms with E-state index in [4.69, 9.17) is 4.74 Å². The molecule has 0 bridgehead atoms. The lowest BCUT2D eigenvalue weighted by atomic mass is 10.1. The van der Waals surface area contributed by atoms with Crippen LogP contribution in [0, 0.1) is 0 Å². The van der Waals surface area contributed by atoms with Crippen molar-refractivity contribution in [3.05, 3.63) is 40.4 Å². The summed E-state index contributed by atoms with van der Waals surface area (Å²) in [5.41, 5.74) is 2.09. The van der Waals surface area contributed by atoms with Crippen molar-refractivity contribution in [1.82, 2.24) is 19.8 Å². The van der Waals surface area contributed by atoms with E-state index in [0.29, 0.717) is 25.6 Å². The number of para-hydroxylation sites is 1. The highest BCUT2D eigenvalue weighted by molar-refractivity contribution is 7.05. The minimum Gasteiger partial charge on any atom is -0.492 e. The van der Waals surface area contributed by atoms with Gasteiger partial charge in [0, 0.05) is 18.7 Å². The Labute approximate surface area is 146 Å². The van der Waals surface area contributed by atoms with E-state index in [1.54, 1.807) is 0 Å². The fourth-order valence-electron chi connectivity index (χ4n) is 2.73. The van der Waals surface area contributed by atoms with Crippen molar-refractivity contribution < 1.29 is 9.53 Å². The van der Waals surface area contributed by atoms with Crippen LogP contribution in [-0.2, 0) is 17.9 Å². The lowest BCUT2D eigenvalue weighted by molar-refractivity contribution is -0.122. The van der Waals surface area contributed by atoms with Crippen LogP contribution in [0.3, 0.4) is 0 Å². The maximum absolute atomic E-state index is 12.3. The first kappa shape index (κ1) is 16.9. The second kappa shape index (κ2) is 7.72. The maximum Gasteiger partial charge on any atom is 0.234 e. The molecule has 6 nitrogen and oxygen atoms in total. The zero-order chi connectivity index (χ0) is 16.9. The first-order valence-corrected chi connectivity index (χ1v) is 8.91. The van der Waals surface area contributed by atoms with Crippen molar-refractivity contribution in [3.63, 3.8) is 0 Å². The highest BCUT2D eigenvalue weighted by Gasteiger charge is 2.18. The number of hydrogen-bond acceptors (Lipinski definition) is 6. The summed E-state index contributed by atoms with van der Waals surface area (Å²) in [6.07, 6.45) is 0. The van der Waals surface area contributed by atoms with Crippen LogP contribution in [0.1, 0.15) is 35.9 Å². The smallest absolute Gasteiger partial charge is 0.234 e. The molecule has 0 fully saturated rings. The lowest BCUT2D eigenvalue weighted by Gasteiger charge is -2.18. The van der Waals surface area contributed by atoms with Gasteiger partial charge < -0.3 is 10.1 Å². The number of amides is 1. The first-order valence-electron chi connectivity index (χ1n) is 8.14. The molecule has 3 rings (SSSR count). The lowest BCUT2D eigenvalue weighted by Crippen LogP contribution is -2.37. The van der Waals surface area contributed by atoms with E-state index < -0.39 is 0 Å². The number of hydrogen-bond donors (Lipinski definition) is 1. The zero-order valence-electron chi connectivity index (χ0n) is 14.0. The average molecular weight is 346 g/mol. The molecule has 0 saturated carbocycles. The van der Waals surface area contributed by atoms with Gasteiger partial charge in [-0.15, -0.1) is 5.10 Å². The van der Waals surface area contributed by atoms with Crippen LogP contribution >= 0.6 is 11.5 Å². The summed E-state index contributed by atoms with van der Waals surface area (Å²) in [7, 11) is 0. The van der Waals surface area contributed by atoms with Crippen LogP contribution in [0.15, 0.2) is 24.3 Å². The summed E-state index contributed by atoms with van der Waals surface area (Å²) in [4.78, 5) is 15.4. The van der Waals surface area contributed by atoms with Crippen LogP contribution in [0.4, 0.5) is 0 Å². The molecule has 0 spiro atoms. The Bertz CT molecular complexity index is 701. The predicted octanol–water partition coefficient (Wildman–Crippen LogP) is 2.17. The zero-order valence-corrected chi connectivity index (χ0v) is 14.8. The van der Waals surface area contributed by atoms with Gasteiger partial charge in [0.05, 0.1) is 23.7 Å². The fourth-order valence-corrected chi connectivity index (χ4v) is 3.46. The van der Waals surface area contributed by atoms with Gasteiger partial charge in [0.1, 0.15) is 12.4 Å². The Morgan fingerprint density at radius 2 is 2.25 bits per heavy atom. The molecule has 1 aliphatic heterocycles. The molecule has 7 heteroatoms. The Hall–Kier alpha value is -1.99. The van der Waals surface area contributed by atoms with Crippen molar-refractivity contribution in [3.8, 4) is 5.75 Å². The van der Waals surface area contributed by atoms with Crippen molar-refractivity contribution >= 4 is 17.4 Å². The molecule has 0 radical (unpaired) electrons. The molecule has 1 aromatic carbocycles. The molecular weight excluding hydrogens is 324 g/mol. The van der Waals surface area contributed by atoms with Gasteiger partial charge >= 0.3 is 0 Å². The minimum atomic E-state index is 0.0116. The SMILES string of the molecule is CC(C)c1nnsc1CNC(=O)CN1CCOc2ccccc2C1. The third-order valence-electron chi connectivity index (χ3n) is 3.98. The fraction of sp³-hybridized carbons (Fsp3) is 0.471. The van der Waals surface area contributed by atoms with Gasteiger partial charge in [-0.2, -0.15) is 0 Å². The second-order valence-corrected chi connectivity index (χ2v) is 7.02. The van der Waals surface area contributed by atoms with E-state index in [9.17, 15) is 4.79 Å². The molecule has 1 N–H and O–H groups in total. The summed E-state index contributed by atoms with van der Waals surface area (Å²) in [5, 5.41) is 7.12. The van der Waals surface area contributed by atoms with Crippen molar-refractivity contribution in [2.75, 3.05) is 19.7 Å². The number of benzene rings is 1. The topological polar surface area (TPSA) is 67.4 Å². The molecule has 128 valence electrons. The molecule has 1 aromatic heterocycles. The average Bonchev–Trinajstić information content (AvgIpc) is 2.94. The van der Waals surface area contributed by atoms with E-state index >= 15 is 0 Å². The van der Waals surface area contributed by atoms with Crippen LogP contribution in [0.25, 0.3) is 0 Å². The standard InChI is InChI=1S/C17H22N4O2S/c1-12(2)17-15(24-20-19-17)9-18-16(22)11-21-7-8-23-14-6-4-3-5-13(14)10-21/h3-6,12H,7-11H2,1-2H3,(H,18,22). The molecule has 0 aliphatic carbocycles. The monoisotopic (exact) mass is 346 g/mol. The Morgan fingerprint density at radius 1 is 1.42 bits per heavy atom. The van der Waals surface area contributed by atoms with Gasteiger partial charge in [-0.3, -0.25) is 9.69 Å². The van der Waals surface area contributed by atoms with Crippen LogP contribution < -0.4 is 10.1 Å². The molecule has 2 heterocycles. The van der Waals surface area contributed by atoms with Gasteiger partial charge in [-0.25, -0.2) is 0 Å². The molecule has 24 heavy (non-hydrogen) atoms. The van der Waals surface area contributed by atoms with Crippen LogP contribution in [0.5, 0.6) is 5.75 Å². The number of carbonyl (C=O) groups is 1. The molecule has 0 saturated heterocycles. The molecule has 0 unspecified atom stereocenters. The first-order chi connectivity index (χ1) is 11.6. The van der Waals surface area contributed by atoms with Crippen molar-refractivity contribution in [1.29, 1.82) is 0 Å². The largest absolute Gasteiger partial charge is 0.492 e. The van der Waals surface area contributed by atoms with Gasteiger partial charge in [-0.05, 0) is 23.5 Å². The van der Waals surface area contributed by atoms with Gasteiger partial charge in [-0.1, -0.05) is 36.5 Å². The summed E-state index contributed by atoms with van der Waals surface area (Å²) in [6.45, 7) is 7.07. The summed E-state index contributed by atoms with van der Waals surface area (Å²) in [5.74, 6) is 1.24. The number of carbonyl (C=O) groups excluding carboxylic acids is 1. The van der Waals surface area contributed by atoms with E-state index in [2.05, 4.69) is 33.7 Å². The Morgan fingerprint density at radius 3 is 3.08 bits per heavy atom. The minimum absolute atomic E-state index is 0.0116. The highest BCUT2D eigenvalue weighted by atomic mass is 32.1. The molecule has 2 aromatic rings. The molecular formula is C17H22N4O2S. The number of rotatable bonds is 5. The third kappa shape index (κ3) is 4.10. The molecule has 1 amide bonds. The summed E-state index contributed by atoms with van der Waals surface area (Å²) >= 11 is 1.35. The highest BCUT2D eigenvalue weighted by Crippen LogP contribution is 2.22. The van der Waals surface area contributed by atoms with Gasteiger partial charge in [0.15, 0.2) is 0 Å². The molecule has 1 aliphatic rings. The predicted molar refractivity (Wildman–Crippen MR) is 93.1 cm³/mol. The quantitative estimate of drug-likeness (QED) is 0.899. The number of fused-ring (bicyclic) bond motifs is 1. The van der Waals surface area contributed by atoms with E-state index in [1.165, 1.54) is 11.5 Å². The van der Waals surface area contributed by atoms with Crippen molar-refractivity contribution in [2.45, 2.75) is 32.9 Å². The maximum atomic E-state index is 12.3. The van der Waals surface area contributed by atoms with Crippen molar-refractivity contribution in [2.24, 2.45) is 0 Å². The van der Waals surface area contributed by atoms with Crippen LogP contribution in [-0.4, -0.2) is 40.1 Å². The molecule has 0 atom stereocenters. The number of nitrogens with one attached hydrogen (secondary N) is 1. The van der Waals surface area contributed by atoms with Crippen LogP contribution in [0.2, 0.25) is 0 Å². The van der Waals surface area contributed by atoms with E-state index in [0.717, 1.165) is 35.0 Å². The Balaban J connectivity index is 1.54. The van der Waals surface area contributed by atoms with E-state index in [-0.39, 0.29) is 5.91 Å². The number of ether oxygens (including phenoxy) is 1.